The van der Waals surface area contributed by atoms with Gasteiger partial charge in [-0.15, -0.1) is 4.40 Å². The fourth-order valence-electron chi connectivity index (χ4n) is 0.900. The van der Waals surface area contributed by atoms with Crippen LogP contribution in [0.5, 0.6) is 0 Å². The zero-order valence-electron chi connectivity index (χ0n) is 7.90. The van der Waals surface area contributed by atoms with E-state index in [0.29, 0.717) is 0 Å². The first-order valence-corrected chi connectivity index (χ1v) is 5.41. The van der Waals surface area contributed by atoms with Crippen LogP contribution in [-0.2, 0) is 10.0 Å². The molecule has 1 aromatic rings. The largest absolute Gasteiger partial charge is 0.314 e. The van der Waals surface area contributed by atoms with Gasteiger partial charge >= 0.3 is 0 Å². The molecular formula is C7H8N4O4S. The number of benzene rings is 1. The Morgan fingerprint density at radius 1 is 1.38 bits per heavy atom. The number of non-ortho nitro benzene ring substituents is 1. The number of hydrogen-bond acceptors (Lipinski definition) is 5. The van der Waals surface area contributed by atoms with Crippen molar-refractivity contribution in [3.63, 3.8) is 0 Å². The van der Waals surface area contributed by atoms with Gasteiger partial charge in [-0.05, 0) is 12.1 Å². The van der Waals surface area contributed by atoms with Gasteiger partial charge in [-0.3, -0.25) is 10.1 Å². The summed E-state index contributed by atoms with van der Waals surface area (Å²) >= 11 is 0. The highest BCUT2D eigenvalue weighted by molar-refractivity contribution is 7.90. The Balaban J connectivity index is 3.07. The number of rotatable bonds is 4. The second-order valence-electron chi connectivity index (χ2n) is 2.63. The van der Waals surface area contributed by atoms with Crippen LogP contribution in [0.15, 0.2) is 33.6 Å². The average molecular weight is 244 g/mol. The van der Waals surface area contributed by atoms with E-state index in [0.717, 1.165) is 30.6 Å². The first kappa shape index (κ1) is 12.1. The van der Waals surface area contributed by atoms with Crippen LogP contribution in [0, 0.1) is 10.1 Å². The summed E-state index contributed by atoms with van der Waals surface area (Å²) in [6.45, 7) is 0. The van der Waals surface area contributed by atoms with Crippen LogP contribution in [0.1, 0.15) is 0 Å². The molecule has 0 saturated heterocycles. The fraction of sp³-hybridized carbons (Fsp3) is 0. The summed E-state index contributed by atoms with van der Waals surface area (Å²) in [6.07, 6.45) is 0.802. The third-order valence-corrected chi connectivity index (χ3v) is 2.86. The first-order valence-electron chi connectivity index (χ1n) is 3.97. The molecule has 0 aromatic heterocycles. The highest BCUT2D eigenvalue weighted by Crippen LogP contribution is 2.16. The van der Waals surface area contributed by atoms with E-state index in [-0.39, 0.29) is 10.6 Å². The summed E-state index contributed by atoms with van der Waals surface area (Å²) in [7, 11) is -3.86. The molecule has 86 valence electrons. The molecular weight excluding hydrogens is 236 g/mol. The lowest BCUT2D eigenvalue weighted by Crippen LogP contribution is -2.20. The monoisotopic (exact) mass is 244 g/mol. The minimum Gasteiger partial charge on any atom is -0.314 e. The minimum absolute atomic E-state index is 0.149. The van der Waals surface area contributed by atoms with E-state index in [2.05, 4.69) is 4.40 Å². The summed E-state index contributed by atoms with van der Waals surface area (Å²) in [5.74, 6) is 4.82. The van der Waals surface area contributed by atoms with Gasteiger partial charge in [0.2, 0.25) is 0 Å². The van der Waals surface area contributed by atoms with E-state index >= 15 is 0 Å². The smallest absolute Gasteiger partial charge is 0.283 e. The van der Waals surface area contributed by atoms with Crippen molar-refractivity contribution < 1.29 is 13.3 Å². The van der Waals surface area contributed by atoms with Crippen molar-refractivity contribution in [1.29, 1.82) is 0 Å². The third kappa shape index (κ3) is 2.74. The predicted octanol–water partition coefficient (Wildman–Crippen LogP) is -0.225. The normalized spacial score (nSPS) is 11.6. The van der Waals surface area contributed by atoms with Gasteiger partial charge in [0.25, 0.3) is 15.7 Å². The van der Waals surface area contributed by atoms with Crippen molar-refractivity contribution in [2.24, 2.45) is 10.2 Å². The van der Waals surface area contributed by atoms with Crippen LogP contribution in [0.4, 0.5) is 5.69 Å². The second kappa shape index (κ2) is 4.68. The van der Waals surface area contributed by atoms with E-state index in [1.54, 1.807) is 0 Å². The maximum absolute atomic E-state index is 11.4. The van der Waals surface area contributed by atoms with Crippen molar-refractivity contribution >= 4 is 22.0 Å². The van der Waals surface area contributed by atoms with E-state index in [1.807, 2.05) is 5.43 Å². The van der Waals surface area contributed by atoms with Gasteiger partial charge in [0.1, 0.15) is 6.34 Å². The number of sulfonamides is 1. The molecule has 1 rings (SSSR count). The molecule has 0 spiro atoms. The number of hydrogen-bond donors (Lipinski definition) is 2. The highest BCUT2D eigenvalue weighted by Gasteiger charge is 2.13. The molecule has 9 heteroatoms. The average Bonchev–Trinajstić information content (AvgIpc) is 2.26. The molecule has 0 aliphatic carbocycles. The van der Waals surface area contributed by atoms with Crippen LogP contribution in [0.2, 0.25) is 0 Å². The molecule has 1 aromatic carbocycles. The molecule has 0 aliphatic heterocycles. The Labute approximate surface area is 91.0 Å². The molecule has 0 bridgehead atoms. The lowest BCUT2D eigenvalue weighted by Gasteiger charge is -1.97. The summed E-state index contributed by atoms with van der Waals surface area (Å²) in [4.78, 5) is 9.56. The number of hydrazine groups is 1. The molecule has 0 amide bonds. The Hall–Kier alpha value is -2.00. The van der Waals surface area contributed by atoms with Crippen LogP contribution < -0.4 is 11.3 Å². The molecule has 0 unspecified atom stereocenters. The van der Waals surface area contributed by atoms with Crippen LogP contribution in [0.3, 0.4) is 0 Å². The molecule has 0 fully saturated rings. The van der Waals surface area contributed by atoms with Gasteiger partial charge in [0, 0.05) is 12.1 Å². The lowest BCUT2D eigenvalue weighted by atomic mass is 10.3. The van der Waals surface area contributed by atoms with Crippen molar-refractivity contribution in [2.45, 2.75) is 4.90 Å². The standard InChI is InChI=1S/C7H8N4O4S/c8-9-5-10-16(14,15)7-3-1-6(2-4-7)11(12)13/h1-5H,8H2,(H,9,10). The van der Waals surface area contributed by atoms with Gasteiger partial charge in [-0.25, -0.2) is 5.84 Å². The topological polar surface area (TPSA) is 128 Å². The van der Waals surface area contributed by atoms with Crippen molar-refractivity contribution in [3.05, 3.63) is 34.4 Å². The number of nitrogens with zero attached hydrogens (tertiary/aromatic N) is 2. The number of nitro groups is 1. The molecule has 0 radical (unpaired) electrons. The zero-order valence-corrected chi connectivity index (χ0v) is 8.72. The van der Waals surface area contributed by atoms with E-state index in [4.69, 9.17) is 5.84 Å². The molecule has 8 nitrogen and oxygen atoms in total. The Morgan fingerprint density at radius 2 is 1.94 bits per heavy atom. The Morgan fingerprint density at radius 3 is 2.38 bits per heavy atom. The molecule has 0 aliphatic rings. The molecule has 0 heterocycles. The van der Waals surface area contributed by atoms with Crippen LogP contribution >= 0.6 is 0 Å². The van der Waals surface area contributed by atoms with E-state index < -0.39 is 14.9 Å². The van der Waals surface area contributed by atoms with Gasteiger partial charge in [0.05, 0.1) is 9.82 Å². The maximum atomic E-state index is 11.4. The van der Waals surface area contributed by atoms with Crippen LogP contribution in [-0.4, -0.2) is 19.7 Å². The van der Waals surface area contributed by atoms with Crippen molar-refractivity contribution in [2.75, 3.05) is 0 Å². The summed E-state index contributed by atoms with van der Waals surface area (Å²) in [5, 5.41) is 10.3. The van der Waals surface area contributed by atoms with Gasteiger partial charge < -0.3 is 5.43 Å². The van der Waals surface area contributed by atoms with Crippen molar-refractivity contribution in [3.8, 4) is 0 Å². The minimum atomic E-state index is -3.86. The number of nitrogens with one attached hydrogen (secondary N) is 1. The third-order valence-electron chi connectivity index (χ3n) is 1.61. The highest BCUT2D eigenvalue weighted by atomic mass is 32.2. The summed E-state index contributed by atoms with van der Waals surface area (Å²) in [5.41, 5.74) is 1.75. The number of nitro benzene ring substituents is 1. The Bertz CT molecular complexity index is 508. The van der Waals surface area contributed by atoms with Crippen LogP contribution in [0.25, 0.3) is 0 Å². The maximum Gasteiger partial charge on any atom is 0.283 e. The summed E-state index contributed by atoms with van der Waals surface area (Å²) in [6, 6.07) is 4.36. The molecule has 0 saturated carbocycles. The lowest BCUT2D eigenvalue weighted by molar-refractivity contribution is -0.384. The second-order valence-corrected chi connectivity index (χ2v) is 4.26. The SMILES string of the molecule is NNC=NS(=O)(=O)c1ccc([N+](=O)[O-])cc1. The zero-order chi connectivity index (χ0) is 12.2. The fourth-order valence-corrected chi connectivity index (χ4v) is 1.70. The first-order chi connectivity index (χ1) is 7.47. The van der Waals surface area contributed by atoms with Gasteiger partial charge in [0.15, 0.2) is 0 Å². The van der Waals surface area contributed by atoms with E-state index in [9.17, 15) is 18.5 Å². The molecule has 3 N–H and O–H groups in total. The number of nitrogens with two attached hydrogens (primary N) is 1. The van der Waals surface area contributed by atoms with Crippen molar-refractivity contribution in [1.82, 2.24) is 5.43 Å². The molecule has 16 heavy (non-hydrogen) atoms. The van der Waals surface area contributed by atoms with Gasteiger partial charge in [-0.2, -0.15) is 8.42 Å². The molecule has 0 atom stereocenters. The quantitative estimate of drug-likeness (QED) is 0.247. The van der Waals surface area contributed by atoms with E-state index in [1.165, 1.54) is 0 Å². The predicted molar refractivity (Wildman–Crippen MR) is 56.1 cm³/mol. The Kier molecular flexibility index (Phi) is 3.53. The van der Waals surface area contributed by atoms with Gasteiger partial charge in [-0.1, -0.05) is 0 Å². The summed E-state index contributed by atoms with van der Waals surface area (Å²) < 4.78 is 26.0.